The Balaban J connectivity index is 1.74. The first-order valence-corrected chi connectivity index (χ1v) is 9.42. The maximum absolute atomic E-state index is 13.5. The molecule has 1 aliphatic heterocycles. The highest BCUT2D eigenvalue weighted by Crippen LogP contribution is 2.18. The molecule has 0 unspecified atom stereocenters. The monoisotopic (exact) mass is 370 g/mol. The molecule has 5 nitrogen and oxygen atoms in total. The van der Waals surface area contributed by atoms with Gasteiger partial charge >= 0.3 is 0 Å². The van der Waals surface area contributed by atoms with Crippen LogP contribution in [0.15, 0.2) is 42.6 Å². The van der Waals surface area contributed by atoms with Crippen molar-refractivity contribution in [3.63, 3.8) is 0 Å². The van der Waals surface area contributed by atoms with E-state index in [1.807, 2.05) is 37.2 Å². The van der Waals surface area contributed by atoms with E-state index in [1.54, 1.807) is 17.2 Å². The van der Waals surface area contributed by atoms with E-state index >= 15 is 0 Å². The van der Waals surface area contributed by atoms with Crippen molar-refractivity contribution in [3.05, 3.63) is 59.5 Å². The lowest BCUT2D eigenvalue weighted by Crippen LogP contribution is -2.36. The van der Waals surface area contributed by atoms with E-state index in [4.69, 9.17) is 0 Å². The molecule has 27 heavy (non-hydrogen) atoms. The predicted molar refractivity (Wildman–Crippen MR) is 105 cm³/mol. The van der Waals surface area contributed by atoms with E-state index in [2.05, 4.69) is 9.88 Å². The summed E-state index contributed by atoms with van der Waals surface area (Å²) in [4.78, 5) is 23.5. The standard InChI is InChI=1S/C21H27FN4O/c1-24(2)12-13-26(16-17-6-5-7-19(22)14-17)21(27)18-8-9-20(23-15-18)25-10-3-4-11-25/h5-9,14-15H,3-4,10-13,16H2,1-2H3. The molecule has 1 aromatic heterocycles. The van der Waals surface area contributed by atoms with Crippen LogP contribution < -0.4 is 4.90 Å². The zero-order valence-corrected chi connectivity index (χ0v) is 16.1. The van der Waals surface area contributed by atoms with Crippen LogP contribution in [0.3, 0.4) is 0 Å². The number of rotatable bonds is 7. The van der Waals surface area contributed by atoms with Gasteiger partial charge in [-0.1, -0.05) is 12.1 Å². The van der Waals surface area contributed by atoms with Crippen LogP contribution in [0.5, 0.6) is 0 Å². The molecule has 0 radical (unpaired) electrons. The fourth-order valence-electron chi connectivity index (χ4n) is 3.26. The lowest BCUT2D eigenvalue weighted by atomic mass is 10.1. The molecule has 2 aromatic rings. The molecule has 144 valence electrons. The molecule has 0 spiro atoms. The maximum atomic E-state index is 13.5. The summed E-state index contributed by atoms with van der Waals surface area (Å²) >= 11 is 0. The SMILES string of the molecule is CN(C)CCN(Cc1cccc(F)c1)C(=O)c1ccc(N2CCCC2)nc1. The summed E-state index contributed by atoms with van der Waals surface area (Å²) < 4.78 is 13.5. The van der Waals surface area contributed by atoms with Crippen molar-refractivity contribution in [2.24, 2.45) is 0 Å². The van der Waals surface area contributed by atoms with Crippen LogP contribution in [0.25, 0.3) is 0 Å². The molecule has 1 fully saturated rings. The van der Waals surface area contributed by atoms with Crippen LogP contribution in [0.1, 0.15) is 28.8 Å². The van der Waals surface area contributed by atoms with Gasteiger partial charge in [-0.2, -0.15) is 0 Å². The predicted octanol–water partition coefficient (Wildman–Crippen LogP) is 3.02. The van der Waals surface area contributed by atoms with Crippen molar-refractivity contribution in [2.45, 2.75) is 19.4 Å². The van der Waals surface area contributed by atoms with Gasteiger partial charge in [-0.3, -0.25) is 4.79 Å². The number of aromatic nitrogens is 1. The van der Waals surface area contributed by atoms with Gasteiger partial charge in [-0.05, 0) is 56.8 Å². The number of halogens is 1. The van der Waals surface area contributed by atoms with Crippen molar-refractivity contribution in [1.82, 2.24) is 14.8 Å². The second-order valence-corrected chi connectivity index (χ2v) is 7.26. The average Bonchev–Trinajstić information content (AvgIpc) is 3.19. The van der Waals surface area contributed by atoms with E-state index in [-0.39, 0.29) is 11.7 Å². The van der Waals surface area contributed by atoms with Gasteiger partial charge in [0.25, 0.3) is 5.91 Å². The molecule has 1 aromatic carbocycles. The third-order valence-electron chi connectivity index (χ3n) is 4.79. The number of carbonyl (C=O) groups excluding carboxylic acids is 1. The molecule has 1 amide bonds. The molecule has 6 heteroatoms. The molecular formula is C21H27FN4O. The molecule has 0 bridgehead atoms. The molecule has 3 rings (SSSR count). The highest BCUT2D eigenvalue weighted by Gasteiger charge is 2.19. The van der Waals surface area contributed by atoms with E-state index < -0.39 is 0 Å². The van der Waals surface area contributed by atoms with E-state index in [1.165, 1.54) is 25.0 Å². The van der Waals surface area contributed by atoms with E-state index in [0.717, 1.165) is 31.0 Å². The van der Waals surface area contributed by atoms with Crippen molar-refractivity contribution in [3.8, 4) is 0 Å². The van der Waals surface area contributed by atoms with E-state index in [9.17, 15) is 9.18 Å². The third kappa shape index (κ3) is 5.26. The van der Waals surface area contributed by atoms with Gasteiger partial charge in [0, 0.05) is 38.9 Å². The fraction of sp³-hybridized carbons (Fsp3) is 0.429. The largest absolute Gasteiger partial charge is 0.357 e. The molecule has 0 aliphatic carbocycles. The summed E-state index contributed by atoms with van der Waals surface area (Å²) in [7, 11) is 3.94. The van der Waals surface area contributed by atoms with Crippen LogP contribution in [0, 0.1) is 5.82 Å². The molecule has 0 saturated carbocycles. The first-order valence-electron chi connectivity index (χ1n) is 9.42. The second-order valence-electron chi connectivity index (χ2n) is 7.26. The van der Waals surface area contributed by atoms with Gasteiger partial charge in [-0.25, -0.2) is 9.37 Å². The zero-order valence-electron chi connectivity index (χ0n) is 16.1. The Hall–Kier alpha value is -2.47. The van der Waals surface area contributed by atoms with Crippen LogP contribution in [-0.2, 0) is 6.54 Å². The van der Waals surface area contributed by atoms with Gasteiger partial charge in [-0.15, -0.1) is 0 Å². The van der Waals surface area contributed by atoms with Gasteiger partial charge in [0.05, 0.1) is 5.56 Å². The van der Waals surface area contributed by atoms with Gasteiger partial charge in [0.1, 0.15) is 11.6 Å². The second kappa shape index (κ2) is 8.95. The van der Waals surface area contributed by atoms with Crippen LogP contribution in [-0.4, -0.2) is 61.0 Å². The van der Waals surface area contributed by atoms with Crippen molar-refractivity contribution in [1.29, 1.82) is 0 Å². The Morgan fingerprint density at radius 2 is 1.93 bits per heavy atom. The van der Waals surface area contributed by atoms with Crippen molar-refractivity contribution in [2.75, 3.05) is 45.2 Å². The Morgan fingerprint density at radius 3 is 2.56 bits per heavy atom. The third-order valence-corrected chi connectivity index (χ3v) is 4.79. The van der Waals surface area contributed by atoms with Crippen LogP contribution in [0.2, 0.25) is 0 Å². The smallest absolute Gasteiger partial charge is 0.255 e. The number of likely N-dealkylation sites (N-methyl/N-ethyl adjacent to an activating group) is 1. The quantitative estimate of drug-likeness (QED) is 0.751. The molecule has 1 saturated heterocycles. The van der Waals surface area contributed by atoms with Crippen LogP contribution in [0.4, 0.5) is 10.2 Å². The van der Waals surface area contributed by atoms with Crippen molar-refractivity contribution < 1.29 is 9.18 Å². The Labute approximate surface area is 160 Å². The minimum atomic E-state index is -0.288. The summed E-state index contributed by atoms with van der Waals surface area (Å²) in [5, 5.41) is 0. The lowest BCUT2D eigenvalue weighted by molar-refractivity contribution is 0.0731. The summed E-state index contributed by atoms with van der Waals surface area (Å²) in [5.74, 6) is 0.555. The van der Waals surface area contributed by atoms with Gasteiger partial charge in [0.2, 0.25) is 0 Å². The molecule has 0 atom stereocenters. The average molecular weight is 370 g/mol. The number of hydrogen-bond donors (Lipinski definition) is 0. The minimum Gasteiger partial charge on any atom is -0.357 e. The van der Waals surface area contributed by atoms with Gasteiger partial charge in [0.15, 0.2) is 0 Å². The number of hydrogen-bond acceptors (Lipinski definition) is 4. The molecule has 1 aliphatic rings. The Kier molecular flexibility index (Phi) is 6.40. The number of benzene rings is 1. The first kappa shape index (κ1) is 19.3. The zero-order chi connectivity index (χ0) is 19.2. The summed E-state index contributed by atoms with van der Waals surface area (Å²) in [6.07, 6.45) is 4.03. The number of nitrogens with zero attached hydrogens (tertiary/aromatic N) is 4. The number of amides is 1. The number of pyridine rings is 1. The Bertz CT molecular complexity index is 757. The van der Waals surface area contributed by atoms with E-state index in [0.29, 0.717) is 18.7 Å². The molecule has 2 heterocycles. The highest BCUT2D eigenvalue weighted by molar-refractivity contribution is 5.94. The highest BCUT2D eigenvalue weighted by atomic mass is 19.1. The number of carbonyl (C=O) groups is 1. The normalized spacial score (nSPS) is 14.0. The fourth-order valence-corrected chi connectivity index (χ4v) is 3.26. The summed E-state index contributed by atoms with van der Waals surface area (Å²) in [5.41, 5.74) is 1.34. The first-order chi connectivity index (χ1) is 13.0. The van der Waals surface area contributed by atoms with Gasteiger partial charge < -0.3 is 14.7 Å². The van der Waals surface area contributed by atoms with Crippen molar-refractivity contribution >= 4 is 11.7 Å². The topological polar surface area (TPSA) is 39.7 Å². The molecule has 0 N–H and O–H groups in total. The minimum absolute atomic E-state index is 0.0819. The maximum Gasteiger partial charge on any atom is 0.255 e. The molecular weight excluding hydrogens is 343 g/mol. The Morgan fingerprint density at radius 1 is 1.15 bits per heavy atom. The summed E-state index contributed by atoms with van der Waals surface area (Å²) in [6.45, 7) is 3.72. The summed E-state index contributed by atoms with van der Waals surface area (Å²) in [6, 6.07) is 10.2. The number of anilines is 1. The lowest BCUT2D eigenvalue weighted by Gasteiger charge is -2.25. The van der Waals surface area contributed by atoms with Crippen LogP contribution >= 0.6 is 0 Å².